The van der Waals surface area contributed by atoms with E-state index in [1.54, 1.807) is 0 Å². The molecule has 0 amide bonds. The third kappa shape index (κ3) is 4.03. The number of nitrogens with zero attached hydrogens (tertiary/aromatic N) is 1. The predicted molar refractivity (Wildman–Crippen MR) is 144 cm³/mol. The molecule has 2 nitrogen and oxygen atoms in total. The lowest BCUT2D eigenvalue weighted by Gasteiger charge is -2.18. The fraction of sp³-hybridized carbons (Fsp3) is 0.281. The van der Waals surface area contributed by atoms with Gasteiger partial charge in [0.1, 0.15) is 11.2 Å². The number of hydrogen-bond donors (Lipinski definition) is 0. The van der Waals surface area contributed by atoms with Gasteiger partial charge in [-0.2, -0.15) is 0 Å². The second-order valence-electron chi connectivity index (χ2n) is 11.0. The van der Waals surface area contributed by atoms with Crippen LogP contribution in [0.4, 0.5) is 0 Å². The minimum absolute atomic E-state index is 0.225. The fourth-order valence-electron chi connectivity index (χ4n) is 5.38. The van der Waals surface area contributed by atoms with Crippen molar-refractivity contribution in [3.63, 3.8) is 0 Å². The summed E-state index contributed by atoms with van der Waals surface area (Å²) >= 11 is 0. The summed E-state index contributed by atoms with van der Waals surface area (Å²) in [7, 11) is 0. The van der Waals surface area contributed by atoms with Gasteiger partial charge in [-0.1, -0.05) is 50.6 Å². The van der Waals surface area contributed by atoms with Crippen molar-refractivity contribution >= 4 is 21.9 Å². The molecule has 0 spiro atoms. The Hall–Kier alpha value is -3.39. The molecule has 2 heteroatoms. The van der Waals surface area contributed by atoms with Crippen molar-refractivity contribution in [1.29, 1.82) is 0 Å². The zero-order valence-corrected chi connectivity index (χ0v) is 21.3. The molecule has 172 valence electrons. The minimum Gasteiger partial charge on any atom is -0.455 e. The summed E-state index contributed by atoms with van der Waals surface area (Å²) in [6, 6.07) is 19.8. The van der Waals surface area contributed by atoms with Gasteiger partial charge in [-0.3, -0.25) is 4.98 Å². The maximum absolute atomic E-state index is 6.59. The molecule has 0 aliphatic heterocycles. The SMILES string of the molecule is Cc1cc(C)c(-c2ccc3c(c2)oc2c(-c4cc(CC(C)(C)C)ccn4)ccc(C)c23)c(C)c1. The third-order valence-electron chi connectivity index (χ3n) is 6.63. The highest BCUT2D eigenvalue weighted by Gasteiger charge is 2.18. The van der Waals surface area contributed by atoms with E-state index in [9.17, 15) is 0 Å². The van der Waals surface area contributed by atoms with E-state index in [2.05, 4.69) is 103 Å². The zero-order valence-electron chi connectivity index (χ0n) is 21.3. The largest absolute Gasteiger partial charge is 0.455 e. The van der Waals surface area contributed by atoms with Crippen molar-refractivity contribution < 1.29 is 4.42 Å². The smallest absolute Gasteiger partial charge is 0.145 e. The molecule has 2 heterocycles. The molecular weight excluding hydrogens is 414 g/mol. The maximum atomic E-state index is 6.59. The van der Waals surface area contributed by atoms with Crippen molar-refractivity contribution in [2.75, 3.05) is 0 Å². The number of benzene rings is 3. The van der Waals surface area contributed by atoms with E-state index in [4.69, 9.17) is 9.40 Å². The topological polar surface area (TPSA) is 26.0 Å². The molecule has 0 saturated carbocycles. The number of aromatic nitrogens is 1. The van der Waals surface area contributed by atoms with Gasteiger partial charge in [0.05, 0.1) is 5.69 Å². The van der Waals surface area contributed by atoms with Crippen LogP contribution in [0.25, 0.3) is 44.3 Å². The van der Waals surface area contributed by atoms with E-state index >= 15 is 0 Å². The molecule has 0 fully saturated rings. The van der Waals surface area contributed by atoms with Gasteiger partial charge >= 0.3 is 0 Å². The molecular formula is C32H33NO. The number of rotatable bonds is 3. The fourth-order valence-corrected chi connectivity index (χ4v) is 5.38. The van der Waals surface area contributed by atoms with Crippen molar-refractivity contribution in [3.8, 4) is 22.4 Å². The average molecular weight is 448 g/mol. The second-order valence-corrected chi connectivity index (χ2v) is 11.0. The molecule has 0 aliphatic carbocycles. The summed E-state index contributed by atoms with van der Waals surface area (Å²) < 4.78 is 6.59. The first-order valence-corrected chi connectivity index (χ1v) is 12.1. The van der Waals surface area contributed by atoms with Crippen LogP contribution in [0.3, 0.4) is 0 Å². The number of furan rings is 1. The van der Waals surface area contributed by atoms with Crippen molar-refractivity contribution in [3.05, 3.63) is 88.6 Å². The summed E-state index contributed by atoms with van der Waals surface area (Å²) in [5.74, 6) is 0. The first-order chi connectivity index (χ1) is 16.1. The van der Waals surface area contributed by atoms with Crippen LogP contribution in [0.15, 0.2) is 65.2 Å². The first-order valence-electron chi connectivity index (χ1n) is 12.1. The average Bonchev–Trinajstić information content (AvgIpc) is 3.12. The summed E-state index contributed by atoms with van der Waals surface area (Å²) in [6.45, 7) is 15.5. The highest BCUT2D eigenvalue weighted by Crippen LogP contribution is 2.40. The van der Waals surface area contributed by atoms with Crippen LogP contribution in [-0.2, 0) is 6.42 Å². The molecule has 3 aromatic carbocycles. The van der Waals surface area contributed by atoms with E-state index in [1.165, 1.54) is 44.3 Å². The number of pyridine rings is 1. The van der Waals surface area contributed by atoms with Crippen molar-refractivity contribution in [2.24, 2.45) is 5.41 Å². The number of fused-ring (bicyclic) bond motifs is 3. The normalized spacial score (nSPS) is 12.1. The first kappa shape index (κ1) is 22.4. The summed E-state index contributed by atoms with van der Waals surface area (Å²) in [6.07, 6.45) is 2.93. The van der Waals surface area contributed by atoms with E-state index in [0.29, 0.717) is 0 Å². The Bertz CT molecular complexity index is 1520. The van der Waals surface area contributed by atoms with Gasteiger partial charge < -0.3 is 4.42 Å². The number of hydrogen-bond acceptors (Lipinski definition) is 2. The molecule has 0 atom stereocenters. The van der Waals surface area contributed by atoms with E-state index in [0.717, 1.165) is 34.2 Å². The van der Waals surface area contributed by atoms with Crippen molar-refractivity contribution in [2.45, 2.75) is 54.9 Å². The van der Waals surface area contributed by atoms with Gasteiger partial charge in [0.15, 0.2) is 0 Å². The van der Waals surface area contributed by atoms with Gasteiger partial charge in [0, 0.05) is 22.5 Å². The quantitative estimate of drug-likeness (QED) is 0.275. The van der Waals surface area contributed by atoms with E-state index in [1.807, 2.05) is 6.20 Å². The van der Waals surface area contributed by atoms with Crippen molar-refractivity contribution in [1.82, 2.24) is 4.98 Å². The van der Waals surface area contributed by atoms with E-state index in [-0.39, 0.29) is 5.41 Å². The standard InChI is InChI=1S/C32H33NO/c1-19-14-21(3)29(22(4)15-19)24-9-11-26-28(17-24)34-31-25(10-8-20(2)30(26)31)27-16-23(12-13-33-27)18-32(5,6)7/h8-17H,18H2,1-7H3. The third-order valence-corrected chi connectivity index (χ3v) is 6.63. The molecule has 0 bridgehead atoms. The summed E-state index contributed by atoms with van der Waals surface area (Å²) in [5, 5.41) is 2.34. The maximum Gasteiger partial charge on any atom is 0.145 e. The Labute approximate surface area is 202 Å². The van der Waals surface area contributed by atoms with Crippen LogP contribution < -0.4 is 0 Å². The van der Waals surface area contributed by atoms with E-state index < -0.39 is 0 Å². The van der Waals surface area contributed by atoms with Gasteiger partial charge in [-0.15, -0.1) is 0 Å². The molecule has 34 heavy (non-hydrogen) atoms. The highest BCUT2D eigenvalue weighted by molar-refractivity contribution is 6.11. The Balaban J connectivity index is 1.69. The second kappa shape index (κ2) is 8.13. The predicted octanol–water partition coefficient (Wildman–Crippen LogP) is 9.14. The lowest BCUT2D eigenvalue weighted by Crippen LogP contribution is -2.09. The van der Waals surface area contributed by atoms with Crippen LogP contribution >= 0.6 is 0 Å². The Morgan fingerprint density at radius 3 is 2.24 bits per heavy atom. The van der Waals surface area contributed by atoms with Crippen LogP contribution in [0.5, 0.6) is 0 Å². The van der Waals surface area contributed by atoms with Gasteiger partial charge in [-0.25, -0.2) is 0 Å². The lowest BCUT2D eigenvalue weighted by atomic mass is 9.88. The van der Waals surface area contributed by atoms with Crippen LogP contribution in [0.2, 0.25) is 0 Å². The van der Waals surface area contributed by atoms with Crippen LogP contribution in [0.1, 0.15) is 48.6 Å². The highest BCUT2D eigenvalue weighted by atomic mass is 16.3. The van der Waals surface area contributed by atoms with Crippen LogP contribution in [0, 0.1) is 33.1 Å². The number of aryl methyl sites for hydroxylation is 4. The van der Waals surface area contributed by atoms with Gasteiger partial charge in [0.2, 0.25) is 0 Å². The molecule has 2 aromatic heterocycles. The Kier molecular flexibility index (Phi) is 5.36. The zero-order chi connectivity index (χ0) is 24.2. The Morgan fingerprint density at radius 1 is 0.794 bits per heavy atom. The molecule has 0 N–H and O–H groups in total. The van der Waals surface area contributed by atoms with Gasteiger partial charge in [0.25, 0.3) is 0 Å². The summed E-state index contributed by atoms with van der Waals surface area (Å²) in [4.78, 5) is 4.73. The van der Waals surface area contributed by atoms with Crippen LogP contribution in [-0.4, -0.2) is 4.98 Å². The molecule has 0 radical (unpaired) electrons. The molecule has 0 aliphatic rings. The lowest BCUT2D eigenvalue weighted by molar-refractivity contribution is 0.411. The monoisotopic (exact) mass is 447 g/mol. The summed E-state index contributed by atoms with van der Waals surface area (Å²) in [5.41, 5.74) is 13.0. The molecule has 0 saturated heterocycles. The minimum atomic E-state index is 0.225. The van der Waals surface area contributed by atoms with Gasteiger partial charge in [-0.05, 0) is 103 Å². The molecule has 5 rings (SSSR count). The molecule has 0 unspecified atom stereocenters. The molecule has 5 aromatic rings. The Morgan fingerprint density at radius 2 is 1.53 bits per heavy atom.